The predicted octanol–water partition coefficient (Wildman–Crippen LogP) is 4.60. The lowest BCUT2D eigenvalue weighted by Crippen LogP contribution is -2.04. The number of anilines is 1. The van der Waals surface area contributed by atoms with Crippen LogP contribution in [0.25, 0.3) is 10.9 Å². The van der Waals surface area contributed by atoms with Crippen LogP contribution in [-0.4, -0.2) is 22.3 Å². The van der Waals surface area contributed by atoms with Gasteiger partial charge in [-0.2, -0.15) is 0 Å². The average Bonchev–Trinajstić information content (AvgIpc) is 2.52. The minimum atomic E-state index is 0.888. The first kappa shape index (κ1) is 14.4. The molecular formula is C16H14BrN3S. The highest BCUT2D eigenvalue weighted by atomic mass is 79.9. The highest BCUT2D eigenvalue weighted by Crippen LogP contribution is 2.24. The summed E-state index contributed by atoms with van der Waals surface area (Å²) in [6, 6.07) is 16.3. The number of benzene rings is 2. The molecule has 1 N–H and O–H groups in total. The van der Waals surface area contributed by atoms with Crippen LogP contribution in [0.1, 0.15) is 0 Å². The molecule has 0 amide bonds. The van der Waals surface area contributed by atoms with E-state index in [4.69, 9.17) is 0 Å². The van der Waals surface area contributed by atoms with E-state index >= 15 is 0 Å². The van der Waals surface area contributed by atoms with Crippen LogP contribution in [0.2, 0.25) is 0 Å². The molecule has 0 unspecified atom stereocenters. The van der Waals surface area contributed by atoms with Crippen LogP contribution in [0.5, 0.6) is 0 Å². The Kier molecular flexibility index (Phi) is 4.72. The number of hydrogen-bond acceptors (Lipinski definition) is 4. The van der Waals surface area contributed by atoms with Crippen molar-refractivity contribution in [3.63, 3.8) is 0 Å². The molecule has 0 radical (unpaired) electrons. The largest absolute Gasteiger partial charge is 0.384 e. The molecule has 3 aromatic rings. The molecule has 0 saturated carbocycles. The highest BCUT2D eigenvalue weighted by Gasteiger charge is 2.03. The molecule has 0 atom stereocenters. The summed E-state index contributed by atoms with van der Waals surface area (Å²) in [6.45, 7) is 0.888. The van der Waals surface area contributed by atoms with Crippen LogP contribution >= 0.6 is 27.7 Å². The zero-order chi connectivity index (χ0) is 14.5. The van der Waals surface area contributed by atoms with Gasteiger partial charge in [-0.15, -0.1) is 11.8 Å². The number of aromatic nitrogens is 2. The molecule has 3 rings (SSSR count). The topological polar surface area (TPSA) is 37.8 Å². The van der Waals surface area contributed by atoms with Gasteiger partial charge in [0.05, 0.1) is 5.52 Å². The summed E-state index contributed by atoms with van der Waals surface area (Å²) in [4.78, 5) is 8.66. The molecular weight excluding hydrogens is 346 g/mol. The van der Waals surface area contributed by atoms with Gasteiger partial charge in [-0.1, -0.05) is 40.2 Å². The number of nitrogens with zero attached hydrogens (tertiary/aromatic N) is 2. The van der Waals surface area contributed by atoms with Crippen molar-refractivity contribution in [3.05, 3.63) is 59.3 Å². The second-order valence-electron chi connectivity index (χ2n) is 4.48. The summed E-state index contributed by atoms with van der Waals surface area (Å²) < 4.78 is 1.09. The molecule has 0 aliphatic rings. The fraction of sp³-hybridized carbons (Fsp3) is 0.125. The monoisotopic (exact) mass is 359 g/mol. The van der Waals surface area contributed by atoms with Crippen molar-refractivity contribution in [2.75, 3.05) is 17.6 Å². The highest BCUT2D eigenvalue weighted by molar-refractivity contribution is 9.10. The number of rotatable bonds is 5. The van der Waals surface area contributed by atoms with Crippen LogP contribution < -0.4 is 5.32 Å². The summed E-state index contributed by atoms with van der Waals surface area (Å²) in [5, 5.41) is 5.57. The van der Waals surface area contributed by atoms with Crippen molar-refractivity contribution in [2.24, 2.45) is 0 Å². The first-order chi connectivity index (χ1) is 10.3. The van der Waals surface area contributed by atoms with Crippen molar-refractivity contribution < 1.29 is 0 Å². The molecule has 1 aromatic heterocycles. The molecule has 3 nitrogen and oxygen atoms in total. The maximum atomic E-state index is 4.38. The standard InChI is InChI=1S/C16H14BrN3S/c17-12-4-3-5-13(10-12)18-8-9-21-16-14-6-1-2-7-15(14)19-11-20-16/h1-7,10-11,18H,8-9H2. The Hall–Kier alpha value is -1.59. The number of para-hydroxylation sites is 1. The fourth-order valence-electron chi connectivity index (χ4n) is 2.04. The molecule has 0 aliphatic heterocycles. The van der Waals surface area contributed by atoms with E-state index in [1.165, 1.54) is 0 Å². The normalized spacial score (nSPS) is 10.7. The van der Waals surface area contributed by atoms with Crippen molar-refractivity contribution >= 4 is 44.3 Å². The van der Waals surface area contributed by atoms with E-state index in [0.29, 0.717) is 0 Å². The summed E-state index contributed by atoms with van der Waals surface area (Å²) in [5.74, 6) is 0.952. The lowest BCUT2D eigenvalue weighted by molar-refractivity contribution is 1.10. The summed E-state index contributed by atoms with van der Waals surface area (Å²) in [6.07, 6.45) is 1.63. The van der Waals surface area contributed by atoms with E-state index in [1.54, 1.807) is 18.1 Å². The molecule has 0 spiro atoms. The molecule has 5 heteroatoms. The Balaban J connectivity index is 1.60. The number of thioether (sulfide) groups is 1. The first-order valence-corrected chi connectivity index (χ1v) is 8.43. The molecule has 0 saturated heterocycles. The lowest BCUT2D eigenvalue weighted by atomic mass is 10.2. The van der Waals surface area contributed by atoms with Crippen molar-refractivity contribution in [3.8, 4) is 0 Å². The van der Waals surface area contributed by atoms with Gasteiger partial charge in [0.2, 0.25) is 0 Å². The van der Waals surface area contributed by atoms with Gasteiger partial charge >= 0.3 is 0 Å². The van der Waals surface area contributed by atoms with E-state index < -0.39 is 0 Å². The van der Waals surface area contributed by atoms with Gasteiger partial charge < -0.3 is 5.32 Å². The first-order valence-electron chi connectivity index (χ1n) is 6.65. The van der Waals surface area contributed by atoms with E-state index in [0.717, 1.165) is 38.4 Å². The van der Waals surface area contributed by atoms with E-state index in [2.05, 4.69) is 49.4 Å². The van der Waals surface area contributed by atoms with Crippen LogP contribution in [0.4, 0.5) is 5.69 Å². The van der Waals surface area contributed by atoms with Crippen molar-refractivity contribution in [2.45, 2.75) is 5.03 Å². The van der Waals surface area contributed by atoms with Crippen LogP contribution in [0.3, 0.4) is 0 Å². The zero-order valence-electron chi connectivity index (χ0n) is 11.3. The average molecular weight is 360 g/mol. The summed E-state index contributed by atoms with van der Waals surface area (Å²) in [5.41, 5.74) is 2.12. The summed E-state index contributed by atoms with van der Waals surface area (Å²) >= 11 is 5.22. The maximum Gasteiger partial charge on any atom is 0.117 e. The Labute approximate surface area is 136 Å². The molecule has 1 heterocycles. The Morgan fingerprint density at radius 3 is 2.86 bits per heavy atom. The Bertz CT molecular complexity index is 743. The number of nitrogens with one attached hydrogen (secondary N) is 1. The van der Waals surface area contributed by atoms with Crippen LogP contribution in [0, 0.1) is 0 Å². The van der Waals surface area contributed by atoms with Crippen molar-refractivity contribution in [1.29, 1.82) is 0 Å². The number of halogens is 1. The second kappa shape index (κ2) is 6.91. The lowest BCUT2D eigenvalue weighted by Gasteiger charge is -2.07. The van der Waals surface area contributed by atoms with E-state index in [9.17, 15) is 0 Å². The van der Waals surface area contributed by atoms with E-state index in [1.807, 2.05) is 30.3 Å². The number of hydrogen-bond donors (Lipinski definition) is 1. The minimum absolute atomic E-state index is 0.888. The third-order valence-electron chi connectivity index (χ3n) is 3.00. The van der Waals surface area contributed by atoms with Gasteiger partial charge in [-0.05, 0) is 24.3 Å². The zero-order valence-corrected chi connectivity index (χ0v) is 13.7. The van der Waals surface area contributed by atoms with Gasteiger partial charge in [0.15, 0.2) is 0 Å². The SMILES string of the molecule is Brc1cccc(NCCSc2ncnc3ccccc23)c1. The third-order valence-corrected chi connectivity index (χ3v) is 4.50. The molecule has 0 fully saturated rings. The van der Waals surface area contributed by atoms with Gasteiger partial charge in [0, 0.05) is 27.8 Å². The predicted molar refractivity (Wildman–Crippen MR) is 92.9 cm³/mol. The molecule has 21 heavy (non-hydrogen) atoms. The van der Waals surface area contributed by atoms with Crippen LogP contribution in [-0.2, 0) is 0 Å². The third kappa shape index (κ3) is 3.74. The van der Waals surface area contributed by atoms with Gasteiger partial charge in [0.1, 0.15) is 11.4 Å². The second-order valence-corrected chi connectivity index (χ2v) is 6.48. The number of fused-ring (bicyclic) bond motifs is 1. The minimum Gasteiger partial charge on any atom is -0.384 e. The maximum absolute atomic E-state index is 4.38. The quantitative estimate of drug-likeness (QED) is 0.410. The van der Waals surface area contributed by atoms with E-state index in [-0.39, 0.29) is 0 Å². The smallest absolute Gasteiger partial charge is 0.117 e. The van der Waals surface area contributed by atoms with Crippen LogP contribution in [0.15, 0.2) is 64.4 Å². The molecule has 2 aromatic carbocycles. The van der Waals surface area contributed by atoms with Gasteiger partial charge in [-0.25, -0.2) is 9.97 Å². The van der Waals surface area contributed by atoms with Crippen molar-refractivity contribution in [1.82, 2.24) is 9.97 Å². The Morgan fingerprint density at radius 2 is 1.95 bits per heavy atom. The molecule has 0 aliphatic carbocycles. The fourth-order valence-corrected chi connectivity index (χ4v) is 3.28. The van der Waals surface area contributed by atoms with Gasteiger partial charge in [0.25, 0.3) is 0 Å². The summed E-state index contributed by atoms with van der Waals surface area (Å²) in [7, 11) is 0. The van der Waals surface area contributed by atoms with Gasteiger partial charge in [-0.3, -0.25) is 0 Å². The Morgan fingerprint density at radius 1 is 1.05 bits per heavy atom. The molecule has 0 bridgehead atoms. The molecule has 106 valence electrons.